The van der Waals surface area contributed by atoms with Gasteiger partial charge in [-0.3, -0.25) is 4.79 Å². The van der Waals surface area contributed by atoms with E-state index < -0.39 is 11.3 Å². The van der Waals surface area contributed by atoms with Crippen molar-refractivity contribution in [1.82, 2.24) is 0 Å². The van der Waals surface area contributed by atoms with Crippen LogP contribution in [-0.4, -0.2) is 12.4 Å². The molecule has 16 heavy (non-hydrogen) atoms. The zero-order chi connectivity index (χ0) is 11.7. The Morgan fingerprint density at radius 3 is 2.94 bits per heavy atom. The fourth-order valence-corrected chi connectivity index (χ4v) is 2.77. The first kappa shape index (κ1) is 11.5. The van der Waals surface area contributed by atoms with E-state index in [2.05, 4.69) is 0 Å². The number of benzene rings is 1. The SMILES string of the molecule is COC(C(=O)Cl)c1csc2cc(F)ccc12. The minimum atomic E-state index is -0.791. The number of fused-ring (bicyclic) bond motifs is 1. The van der Waals surface area contributed by atoms with Crippen LogP contribution in [0.5, 0.6) is 0 Å². The number of ether oxygens (including phenoxy) is 1. The van der Waals surface area contributed by atoms with Gasteiger partial charge in [-0.05, 0) is 34.5 Å². The number of halogens is 2. The van der Waals surface area contributed by atoms with Crippen LogP contribution < -0.4 is 0 Å². The van der Waals surface area contributed by atoms with Crippen LogP contribution in [-0.2, 0) is 9.53 Å². The third-order valence-electron chi connectivity index (χ3n) is 2.29. The summed E-state index contributed by atoms with van der Waals surface area (Å²) in [4.78, 5) is 11.2. The summed E-state index contributed by atoms with van der Waals surface area (Å²) < 4.78 is 18.8. The van der Waals surface area contributed by atoms with Crippen molar-refractivity contribution in [2.24, 2.45) is 0 Å². The normalized spacial score (nSPS) is 12.9. The summed E-state index contributed by atoms with van der Waals surface area (Å²) in [5, 5.41) is 1.98. The third kappa shape index (κ3) is 1.96. The van der Waals surface area contributed by atoms with Crippen LogP contribution in [0.15, 0.2) is 23.6 Å². The zero-order valence-corrected chi connectivity index (χ0v) is 9.94. The van der Waals surface area contributed by atoms with E-state index in [-0.39, 0.29) is 5.82 Å². The van der Waals surface area contributed by atoms with Gasteiger partial charge >= 0.3 is 0 Å². The Hall–Kier alpha value is -0.970. The molecule has 2 aromatic rings. The van der Waals surface area contributed by atoms with Crippen LogP contribution in [0.1, 0.15) is 11.7 Å². The van der Waals surface area contributed by atoms with Crippen molar-refractivity contribution in [3.8, 4) is 0 Å². The second-order valence-corrected chi connectivity index (χ2v) is 4.54. The van der Waals surface area contributed by atoms with Crippen LogP contribution in [0, 0.1) is 5.82 Å². The molecule has 0 N–H and O–H groups in total. The van der Waals surface area contributed by atoms with Crippen molar-refractivity contribution in [3.63, 3.8) is 0 Å². The second kappa shape index (κ2) is 4.49. The summed E-state index contributed by atoms with van der Waals surface area (Å²) in [6, 6.07) is 4.40. The molecule has 0 spiro atoms. The molecule has 0 aliphatic rings. The van der Waals surface area contributed by atoms with E-state index in [0.717, 1.165) is 10.1 Å². The van der Waals surface area contributed by atoms with E-state index in [9.17, 15) is 9.18 Å². The van der Waals surface area contributed by atoms with Gasteiger partial charge in [-0.25, -0.2) is 4.39 Å². The lowest BCUT2D eigenvalue weighted by molar-refractivity contribution is -0.120. The van der Waals surface area contributed by atoms with Gasteiger partial charge in [0, 0.05) is 17.4 Å². The fraction of sp³-hybridized carbons (Fsp3) is 0.182. The van der Waals surface area contributed by atoms with Gasteiger partial charge in [0.1, 0.15) is 5.82 Å². The van der Waals surface area contributed by atoms with Crippen LogP contribution >= 0.6 is 22.9 Å². The predicted molar refractivity (Wildman–Crippen MR) is 62.4 cm³/mol. The molecule has 0 fully saturated rings. The molecule has 2 rings (SSSR count). The summed E-state index contributed by atoms with van der Waals surface area (Å²) in [5.74, 6) is -0.299. The predicted octanol–water partition coefficient (Wildman–Crippen LogP) is 3.49. The highest BCUT2D eigenvalue weighted by atomic mass is 35.5. The van der Waals surface area contributed by atoms with Crippen molar-refractivity contribution in [1.29, 1.82) is 0 Å². The molecular weight excluding hydrogens is 251 g/mol. The molecule has 0 aliphatic carbocycles. The van der Waals surface area contributed by atoms with E-state index in [1.807, 2.05) is 0 Å². The second-order valence-electron chi connectivity index (χ2n) is 3.25. The minimum absolute atomic E-state index is 0.299. The molecule has 84 valence electrons. The summed E-state index contributed by atoms with van der Waals surface area (Å²) in [5.41, 5.74) is 0.683. The molecule has 0 amide bonds. The zero-order valence-electron chi connectivity index (χ0n) is 8.37. The average molecular weight is 259 g/mol. The van der Waals surface area contributed by atoms with E-state index >= 15 is 0 Å². The maximum absolute atomic E-state index is 13.0. The Labute approximate surface area is 101 Å². The lowest BCUT2D eigenvalue weighted by Crippen LogP contribution is -2.07. The van der Waals surface area contributed by atoms with Gasteiger partial charge < -0.3 is 4.74 Å². The largest absolute Gasteiger partial charge is 0.367 e. The molecule has 1 heterocycles. The molecule has 0 aliphatic heterocycles. The van der Waals surface area contributed by atoms with Gasteiger partial charge in [0.2, 0.25) is 0 Å². The minimum Gasteiger partial charge on any atom is -0.367 e. The highest BCUT2D eigenvalue weighted by molar-refractivity contribution is 7.17. The molecule has 0 radical (unpaired) electrons. The van der Waals surface area contributed by atoms with E-state index in [1.54, 1.807) is 11.4 Å². The number of carbonyl (C=O) groups excluding carboxylic acids is 1. The molecule has 0 saturated heterocycles. The summed E-state index contributed by atoms with van der Waals surface area (Å²) in [6.45, 7) is 0. The topological polar surface area (TPSA) is 26.3 Å². The maximum atomic E-state index is 13.0. The van der Waals surface area contributed by atoms with Crippen molar-refractivity contribution in [2.45, 2.75) is 6.10 Å². The van der Waals surface area contributed by atoms with Gasteiger partial charge in [-0.15, -0.1) is 11.3 Å². The number of rotatable bonds is 3. The first-order valence-electron chi connectivity index (χ1n) is 4.52. The van der Waals surface area contributed by atoms with Crippen LogP contribution in [0.25, 0.3) is 10.1 Å². The molecule has 1 atom stereocenters. The van der Waals surface area contributed by atoms with Crippen LogP contribution in [0.3, 0.4) is 0 Å². The summed E-state index contributed by atoms with van der Waals surface area (Å²) in [7, 11) is 1.41. The molecule has 1 unspecified atom stereocenters. The maximum Gasteiger partial charge on any atom is 0.255 e. The van der Waals surface area contributed by atoms with Crippen molar-refractivity contribution in [3.05, 3.63) is 35.0 Å². The Balaban J connectivity index is 2.57. The number of hydrogen-bond donors (Lipinski definition) is 0. The molecule has 0 bridgehead atoms. The van der Waals surface area contributed by atoms with Gasteiger partial charge in [0.05, 0.1) is 0 Å². The standard InChI is InChI=1S/C11H8ClFO2S/c1-15-10(11(12)14)8-5-16-9-4-6(13)2-3-7(8)9/h2-5,10H,1H3. The molecule has 2 nitrogen and oxygen atoms in total. The highest BCUT2D eigenvalue weighted by Gasteiger charge is 2.21. The Morgan fingerprint density at radius 1 is 1.56 bits per heavy atom. The number of thiophene rings is 1. The smallest absolute Gasteiger partial charge is 0.255 e. The fourth-order valence-electron chi connectivity index (χ4n) is 1.57. The highest BCUT2D eigenvalue weighted by Crippen LogP contribution is 2.33. The molecule has 1 aromatic heterocycles. The average Bonchev–Trinajstić information content (AvgIpc) is 2.62. The van der Waals surface area contributed by atoms with Gasteiger partial charge in [-0.2, -0.15) is 0 Å². The van der Waals surface area contributed by atoms with E-state index in [0.29, 0.717) is 5.56 Å². The summed E-state index contributed by atoms with van der Waals surface area (Å²) in [6.07, 6.45) is -0.791. The number of carbonyl (C=O) groups is 1. The molecule has 1 aromatic carbocycles. The molecule has 0 saturated carbocycles. The molecular formula is C11H8ClFO2S. The van der Waals surface area contributed by atoms with Gasteiger partial charge in [0.15, 0.2) is 6.10 Å². The van der Waals surface area contributed by atoms with Crippen molar-refractivity contribution in [2.75, 3.05) is 7.11 Å². The lowest BCUT2D eigenvalue weighted by atomic mass is 10.1. The van der Waals surface area contributed by atoms with Gasteiger partial charge in [-0.1, -0.05) is 6.07 Å². The monoisotopic (exact) mass is 258 g/mol. The Kier molecular flexibility index (Phi) is 3.23. The first-order chi connectivity index (χ1) is 7.63. The van der Waals surface area contributed by atoms with Crippen molar-refractivity contribution < 1.29 is 13.9 Å². The first-order valence-corrected chi connectivity index (χ1v) is 5.78. The quantitative estimate of drug-likeness (QED) is 0.788. The third-order valence-corrected chi connectivity index (χ3v) is 3.45. The summed E-state index contributed by atoms with van der Waals surface area (Å²) >= 11 is 6.79. The Morgan fingerprint density at radius 2 is 2.31 bits per heavy atom. The van der Waals surface area contributed by atoms with Crippen LogP contribution in [0.4, 0.5) is 4.39 Å². The molecule has 5 heteroatoms. The van der Waals surface area contributed by atoms with Crippen LogP contribution in [0.2, 0.25) is 0 Å². The lowest BCUT2D eigenvalue weighted by Gasteiger charge is -2.09. The number of hydrogen-bond acceptors (Lipinski definition) is 3. The van der Waals surface area contributed by atoms with Gasteiger partial charge in [0.25, 0.3) is 5.24 Å². The van der Waals surface area contributed by atoms with Crippen molar-refractivity contribution >= 4 is 38.3 Å². The Bertz CT molecular complexity index is 538. The van der Waals surface area contributed by atoms with E-state index in [1.165, 1.54) is 30.6 Å². The van der Waals surface area contributed by atoms with E-state index in [4.69, 9.17) is 16.3 Å². The number of methoxy groups -OCH3 is 1.